The fourth-order valence-electron chi connectivity index (χ4n) is 5.51. The summed E-state index contributed by atoms with van der Waals surface area (Å²) in [4.78, 5) is 23.1. The molecule has 12 heteroatoms. The number of aliphatic carboxylic acids is 1. The minimum atomic E-state index is -5.05. The lowest BCUT2D eigenvalue weighted by atomic mass is 9.90. The Bertz CT molecular complexity index is 1640. The van der Waals surface area contributed by atoms with Crippen molar-refractivity contribution in [1.29, 1.82) is 0 Å². The van der Waals surface area contributed by atoms with Crippen molar-refractivity contribution in [2.45, 2.75) is 44.1 Å². The number of carbonyl (C=O) groups is 1. The van der Waals surface area contributed by atoms with Crippen molar-refractivity contribution in [2.75, 3.05) is 19.7 Å². The highest BCUT2D eigenvalue weighted by Crippen LogP contribution is 2.44. The molecule has 0 bridgehead atoms. The second kappa shape index (κ2) is 12.1. The van der Waals surface area contributed by atoms with Crippen LogP contribution in [0.25, 0.3) is 10.9 Å². The van der Waals surface area contributed by atoms with E-state index in [4.69, 9.17) is 9.84 Å². The molecule has 0 fully saturated rings. The average molecular weight is 598 g/mol. The van der Waals surface area contributed by atoms with Gasteiger partial charge in [0.2, 0.25) is 5.60 Å². The number of nitrogens with zero attached hydrogens (tertiary/aromatic N) is 3. The quantitative estimate of drug-likeness (QED) is 0.130. The van der Waals surface area contributed by atoms with Gasteiger partial charge in [-0.3, -0.25) is 19.8 Å². The Balaban J connectivity index is 1.44. The van der Waals surface area contributed by atoms with Crippen LogP contribution in [0.4, 0.5) is 18.9 Å². The lowest BCUT2D eigenvalue weighted by Gasteiger charge is -2.38. The number of carboxylic acids is 1. The molecule has 1 aromatic heterocycles. The van der Waals surface area contributed by atoms with Gasteiger partial charge in [-0.2, -0.15) is 13.2 Å². The summed E-state index contributed by atoms with van der Waals surface area (Å²) in [6.07, 6.45) is -3.03. The van der Waals surface area contributed by atoms with E-state index in [0.717, 1.165) is 22.8 Å². The predicted molar refractivity (Wildman–Crippen MR) is 152 cm³/mol. The Kier molecular flexibility index (Phi) is 8.43. The van der Waals surface area contributed by atoms with E-state index in [9.17, 15) is 33.2 Å². The molecular weight excluding hydrogens is 567 g/mol. The first-order valence-electron chi connectivity index (χ1n) is 13.7. The molecule has 0 aliphatic carbocycles. The summed E-state index contributed by atoms with van der Waals surface area (Å²) in [5, 5.41) is 31.8. The number of β-amino-alcohol motifs (C(OH)–C–C–N with tert-alkyl or cyclic N) is 1. The van der Waals surface area contributed by atoms with Crippen molar-refractivity contribution in [3.8, 4) is 5.75 Å². The number of aliphatic hydroxyl groups is 1. The second-order valence-corrected chi connectivity index (χ2v) is 10.7. The van der Waals surface area contributed by atoms with Crippen LogP contribution in [0.2, 0.25) is 0 Å². The van der Waals surface area contributed by atoms with Gasteiger partial charge in [0.1, 0.15) is 5.75 Å². The Hall–Kier alpha value is -4.42. The molecule has 226 valence electrons. The molecule has 9 nitrogen and oxygen atoms in total. The first-order valence-corrected chi connectivity index (χ1v) is 13.7. The molecule has 0 spiro atoms. The molecule has 3 aromatic carbocycles. The smallest absolute Gasteiger partial charge is 0.422 e. The molecule has 1 atom stereocenters. The van der Waals surface area contributed by atoms with Gasteiger partial charge >= 0.3 is 12.1 Å². The van der Waals surface area contributed by atoms with Gasteiger partial charge in [-0.25, -0.2) is 0 Å². The highest BCUT2D eigenvalue weighted by atomic mass is 19.4. The normalized spacial score (nSPS) is 15.2. The van der Waals surface area contributed by atoms with Gasteiger partial charge in [0, 0.05) is 61.9 Å². The number of hydrogen-bond acceptors (Lipinski definition) is 6. The van der Waals surface area contributed by atoms with Crippen molar-refractivity contribution < 1.29 is 37.8 Å². The fourth-order valence-corrected chi connectivity index (χ4v) is 5.51. The number of rotatable bonds is 11. The first kappa shape index (κ1) is 30.1. The highest BCUT2D eigenvalue weighted by molar-refractivity contribution is 5.87. The molecule has 1 unspecified atom stereocenters. The number of non-ortho nitro benzene ring substituents is 1. The fraction of sp³-hybridized carbons (Fsp3) is 0.323. The predicted octanol–water partition coefficient (Wildman–Crippen LogP) is 5.65. The summed E-state index contributed by atoms with van der Waals surface area (Å²) < 4.78 is 51.6. The standard InChI is InChI=1S/C31H30F3N3O6/c32-31(33,34)30(40,20-35-13-12-22-15-25(10-8-23(22)18-35)43-14-4-7-29(38)39)27-19-36(17-21-5-2-1-3-6-21)28-16-24(37(41)42)9-11-26(27)28/h1-3,5-6,8-11,15-16,19,40H,4,7,12-14,17-18,20H2,(H,38,39). The number of nitro groups is 1. The van der Waals surface area contributed by atoms with E-state index in [1.807, 2.05) is 12.1 Å². The Morgan fingerprint density at radius 1 is 1.05 bits per heavy atom. The van der Waals surface area contributed by atoms with Crippen molar-refractivity contribution in [3.63, 3.8) is 0 Å². The first-order chi connectivity index (χ1) is 20.4. The maximum Gasteiger partial charge on any atom is 0.422 e. The van der Waals surface area contributed by atoms with Gasteiger partial charge in [0.05, 0.1) is 17.0 Å². The van der Waals surface area contributed by atoms with Crippen LogP contribution in [-0.2, 0) is 29.9 Å². The molecule has 0 saturated carbocycles. The van der Waals surface area contributed by atoms with Gasteiger partial charge < -0.3 is 19.5 Å². The molecule has 0 radical (unpaired) electrons. The van der Waals surface area contributed by atoms with Crippen molar-refractivity contribution in [3.05, 3.63) is 105 Å². The van der Waals surface area contributed by atoms with Crippen LogP contribution in [0.15, 0.2) is 72.9 Å². The van der Waals surface area contributed by atoms with Crippen LogP contribution in [0.1, 0.15) is 35.1 Å². The third kappa shape index (κ3) is 6.50. The van der Waals surface area contributed by atoms with Crippen molar-refractivity contribution >= 4 is 22.6 Å². The molecule has 4 aromatic rings. The van der Waals surface area contributed by atoms with E-state index < -0.39 is 29.2 Å². The van der Waals surface area contributed by atoms with Gasteiger partial charge in [-0.15, -0.1) is 0 Å². The Morgan fingerprint density at radius 3 is 2.51 bits per heavy atom. The SMILES string of the molecule is O=C(O)CCCOc1ccc2c(c1)CCN(CC(O)(c1cn(Cc3ccccc3)c3cc([N+](=O)[O-])ccc13)C(F)(F)F)C2. The summed E-state index contributed by atoms with van der Waals surface area (Å²) >= 11 is 0. The molecule has 0 amide bonds. The third-order valence-corrected chi connectivity index (χ3v) is 7.71. The molecule has 1 aliphatic heterocycles. The molecule has 0 saturated heterocycles. The van der Waals surface area contributed by atoms with Gasteiger partial charge in [0.15, 0.2) is 0 Å². The monoisotopic (exact) mass is 597 g/mol. The summed E-state index contributed by atoms with van der Waals surface area (Å²) in [6.45, 7) is 0.0784. The lowest BCUT2D eigenvalue weighted by molar-refractivity contribution is -0.384. The zero-order valence-corrected chi connectivity index (χ0v) is 23.1. The van der Waals surface area contributed by atoms with Crippen LogP contribution in [0, 0.1) is 10.1 Å². The number of carboxylic acid groups (broad SMARTS) is 1. The number of halogens is 3. The maximum absolute atomic E-state index is 14.8. The van der Waals surface area contributed by atoms with Crippen LogP contribution in [-0.4, -0.2) is 56.4 Å². The van der Waals surface area contributed by atoms with Crippen LogP contribution < -0.4 is 4.74 Å². The van der Waals surface area contributed by atoms with Gasteiger partial charge in [0.25, 0.3) is 5.69 Å². The summed E-state index contributed by atoms with van der Waals surface area (Å²) in [5.41, 5.74) is -1.17. The number of nitro benzene ring substituents is 1. The number of benzene rings is 3. The topological polar surface area (TPSA) is 118 Å². The van der Waals surface area contributed by atoms with E-state index in [1.165, 1.54) is 22.9 Å². The molecular formula is C31H30F3N3O6. The summed E-state index contributed by atoms with van der Waals surface area (Å²) in [7, 11) is 0. The van der Waals surface area contributed by atoms with E-state index in [1.54, 1.807) is 41.3 Å². The highest BCUT2D eigenvalue weighted by Gasteiger charge is 2.57. The Morgan fingerprint density at radius 2 is 1.81 bits per heavy atom. The van der Waals surface area contributed by atoms with E-state index in [2.05, 4.69) is 0 Å². The van der Waals surface area contributed by atoms with E-state index >= 15 is 0 Å². The largest absolute Gasteiger partial charge is 0.494 e. The minimum Gasteiger partial charge on any atom is -0.494 e. The summed E-state index contributed by atoms with van der Waals surface area (Å²) in [5.74, 6) is -0.347. The van der Waals surface area contributed by atoms with Crippen molar-refractivity contribution in [1.82, 2.24) is 9.47 Å². The van der Waals surface area contributed by atoms with Gasteiger partial charge in [-0.05, 0) is 47.7 Å². The summed E-state index contributed by atoms with van der Waals surface area (Å²) in [6, 6.07) is 17.9. The van der Waals surface area contributed by atoms with Crippen LogP contribution in [0.3, 0.4) is 0 Å². The number of alkyl halides is 3. The van der Waals surface area contributed by atoms with Crippen LogP contribution >= 0.6 is 0 Å². The average Bonchev–Trinajstić information content (AvgIpc) is 3.33. The maximum atomic E-state index is 14.8. The van der Waals surface area contributed by atoms with E-state index in [0.29, 0.717) is 18.6 Å². The third-order valence-electron chi connectivity index (χ3n) is 7.71. The molecule has 1 aliphatic rings. The van der Waals surface area contributed by atoms with Gasteiger partial charge in [-0.1, -0.05) is 36.4 Å². The van der Waals surface area contributed by atoms with E-state index in [-0.39, 0.29) is 54.8 Å². The minimum absolute atomic E-state index is 0.0101. The zero-order chi connectivity index (χ0) is 30.8. The Labute approximate surface area is 244 Å². The molecule has 43 heavy (non-hydrogen) atoms. The molecule has 2 N–H and O–H groups in total. The second-order valence-electron chi connectivity index (χ2n) is 10.7. The van der Waals surface area contributed by atoms with Crippen molar-refractivity contribution in [2.24, 2.45) is 0 Å². The number of aromatic nitrogens is 1. The van der Waals surface area contributed by atoms with Crippen LogP contribution in [0.5, 0.6) is 5.75 Å². The lowest BCUT2D eigenvalue weighted by Crippen LogP contribution is -2.52. The number of fused-ring (bicyclic) bond motifs is 2. The molecule has 5 rings (SSSR count). The number of hydrogen-bond donors (Lipinski definition) is 2. The zero-order valence-electron chi connectivity index (χ0n) is 23.1. The number of ether oxygens (including phenoxy) is 1. The molecule has 2 heterocycles.